The molecule has 2 unspecified atom stereocenters. The predicted molar refractivity (Wildman–Crippen MR) is 135 cm³/mol. The number of hydrogen-bond donors (Lipinski definition) is 0. The molecule has 5 nitrogen and oxygen atoms in total. The van der Waals surface area contributed by atoms with Gasteiger partial charge in [0.2, 0.25) is 0 Å². The summed E-state index contributed by atoms with van der Waals surface area (Å²) in [5.74, 6) is 1.01. The van der Waals surface area contributed by atoms with Crippen LogP contribution in [0.5, 0.6) is 0 Å². The van der Waals surface area contributed by atoms with Crippen LogP contribution in [-0.4, -0.2) is 46.8 Å². The number of aldehydes is 1. The first kappa shape index (κ1) is 21.7. The highest BCUT2D eigenvalue weighted by atomic mass is 32.1. The second-order valence-corrected chi connectivity index (χ2v) is 9.62. The van der Waals surface area contributed by atoms with Gasteiger partial charge in [-0.3, -0.25) is 4.90 Å². The second-order valence-electron chi connectivity index (χ2n) is 8.51. The first-order chi connectivity index (χ1) is 16.3. The number of benzene rings is 2. The number of anilines is 1. The van der Waals surface area contributed by atoms with Crippen LogP contribution in [0, 0.1) is 0 Å². The molecule has 0 amide bonds. The lowest BCUT2D eigenvalue weighted by atomic mass is 9.99. The highest BCUT2D eigenvalue weighted by Crippen LogP contribution is 2.34. The van der Waals surface area contributed by atoms with Crippen molar-refractivity contribution in [3.8, 4) is 0 Å². The summed E-state index contributed by atoms with van der Waals surface area (Å²) in [6.07, 6.45) is 4.67. The van der Waals surface area contributed by atoms with Crippen LogP contribution in [0.2, 0.25) is 0 Å². The summed E-state index contributed by atoms with van der Waals surface area (Å²) >= 11 is 1.75. The summed E-state index contributed by atoms with van der Waals surface area (Å²) in [7, 11) is 0. The van der Waals surface area contributed by atoms with Gasteiger partial charge in [-0.1, -0.05) is 67.6 Å². The maximum Gasteiger partial charge on any atom is 0.141 e. The second kappa shape index (κ2) is 9.81. The standard InChI is InChI=1S/C27H28N4OS/c1-2-23-16-24-26(28-19-29-27(24)33-23)31-14-13-30(25(18-32)21-11-7-4-8-12-21)17-22(31)15-20-9-5-3-6-10-20/h3-12,16,18-19,22,25H,2,13-15,17H2,1H3. The topological polar surface area (TPSA) is 49.3 Å². The maximum atomic E-state index is 12.2. The molecule has 0 spiro atoms. The molecule has 168 valence electrons. The molecular formula is C27H28N4OS. The van der Waals surface area contributed by atoms with E-state index in [1.165, 1.54) is 10.4 Å². The van der Waals surface area contributed by atoms with Gasteiger partial charge in [-0.05, 0) is 30.0 Å². The van der Waals surface area contributed by atoms with Crippen molar-refractivity contribution in [3.63, 3.8) is 0 Å². The Hall–Kier alpha value is -3.09. The summed E-state index contributed by atoms with van der Waals surface area (Å²) in [5.41, 5.74) is 2.34. The molecule has 0 saturated carbocycles. The number of rotatable bonds is 7. The number of piperazine rings is 1. The number of thiophene rings is 1. The van der Waals surface area contributed by atoms with E-state index in [0.717, 1.165) is 60.4 Å². The largest absolute Gasteiger partial charge is 0.350 e. The molecule has 1 fully saturated rings. The fourth-order valence-corrected chi connectivity index (χ4v) is 5.72. The third kappa shape index (κ3) is 4.54. The zero-order valence-electron chi connectivity index (χ0n) is 18.8. The summed E-state index contributed by atoms with van der Waals surface area (Å²) < 4.78 is 0. The van der Waals surface area contributed by atoms with Crippen molar-refractivity contribution < 1.29 is 4.79 Å². The monoisotopic (exact) mass is 456 g/mol. The van der Waals surface area contributed by atoms with Crippen LogP contribution in [0.1, 0.15) is 29.0 Å². The quantitative estimate of drug-likeness (QED) is 0.369. The molecule has 6 heteroatoms. The van der Waals surface area contributed by atoms with Crippen molar-refractivity contribution in [2.24, 2.45) is 0 Å². The molecule has 1 aliphatic heterocycles. The van der Waals surface area contributed by atoms with Crippen molar-refractivity contribution >= 4 is 33.7 Å². The van der Waals surface area contributed by atoms with E-state index in [9.17, 15) is 4.79 Å². The number of aromatic nitrogens is 2. The minimum absolute atomic E-state index is 0.204. The zero-order valence-corrected chi connectivity index (χ0v) is 19.6. The van der Waals surface area contributed by atoms with Crippen molar-refractivity contribution in [2.45, 2.75) is 31.8 Å². The first-order valence-corrected chi connectivity index (χ1v) is 12.4. The highest BCUT2D eigenvalue weighted by Gasteiger charge is 2.33. The fraction of sp³-hybridized carbons (Fsp3) is 0.296. The third-order valence-corrected chi connectivity index (χ3v) is 7.66. The van der Waals surface area contributed by atoms with Gasteiger partial charge in [0.1, 0.15) is 23.3 Å². The molecule has 2 atom stereocenters. The van der Waals surface area contributed by atoms with Crippen molar-refractivity contribution in [3.05, 3.63) is 89.1 Å². The van der Waals surface area contributed by atoms with Gasteiger partial charge < -0.3 is 9.69 Å². The lowest BCUT2D eigenvalue weighted by Crippen LogP contribution is -2.55. The van der Waals surface area contributed by atoms with Crippen LogP contribution in [0.4, 0.5) is 5.82 Å². The van der Waals surface area contributed by atoms with E-state index in [0.29, 0.717) is 0 Å². The molecule has 1 saturated heterocycles. The Morgan fingerprint density at radius 3 is 2.55 bits per heavy atom. The van der Waals surface area contributed by atoms with E-state index >= 15 is 0 Å². The molecule has 0 bridgehead atoms. The number of fused-ring (bicyclic) bond motifs is 1. The van der Waals surface area contributed by atoms with Gasteiger partial charge in [0.15, 0.2) is 0 Å². The van der Waals surface area contributed by atoms with E-state index in [4.69, 9.17) is 4.98 Å². The first-order valence-electron chi connectivity index (χ1n) is 11.5. The number of carbonyl (C=O) groups is 1. The summed E-state index contributed by atoms with van der Waals surface area (Å²) in [4.78, 5) is 28.6. The smallest absolute Gasteiger partial charge is 0.141 e. The van der Waals surface area contributed by atoms with E-state index in [1.54, 1.807) is 17.7 Å². The summed E-state index contributed by atoms with van der Waals surface area (Å²) in [5, 5.41) is 1.14. The minimum Gasteiger partial charge on any atom is -0.350 e. The van der Waals surface area contributed by atoms with Gasteiger partial charge in [0, 0.05) is 30.6 Å². The lowest BCUT2D eigenvalue weighted by Gasteiger charge is -2.44. The fourth-order valence-electron chi connectivity index (χ4n) is 4.79. The molecule has 0 aliphatic carbocycles. The van der Waals surface area contributed by atoms with Crippen LogP contribution in [0.15, 0.2) is 73.1 Å². The molecule has 3 heterocycles. The van der Waals surface area contributed by atoms with Crippen molar-refractivity contribution in [1.82, 2.24) is 14.9 Å². The van der Waals surface area contributed by atoms with Crippen LogP contribution in [0.3, 0.4) is 0 Å². The normalized spacial score (nSPS) is 17.8. The maximum absolute atomic E-state index is 12.2. The van der Waals surface area contributed by atoms with E-state index in [2.05, 4.69) is 58.1 Å². The Morgan fingerprint density at radius 2 is 1.82 bits per heavy atom. The van der Waals surface area contributed by atoms with Crippen molar-refractivity contribution in [1.29, 1.82) is 0 Å². The Bertz CT molecular complexity index is 1210. The lowest BCUT2D eigenvalue weighted by molar-refractivity contribution is -0.113. The average Bonchev–Trinajstić information content (AvgIpc) is 3.30. The van der Waals surface area contributed by atoms with Crippen LogP contribution in [0.25, 0.3) is 10.2 Å². The van der Waals surface area contributed by atoms with Crippen LogP contribution in [-0.2, 0) is 17.6 Å². The molecule has 2 aromatic heterocycles. The van der Waals surface area contributed by atoms with E-state index < -0.39 is 0 Å². The van der Waals surface area contributed by atoms with Gasteiger partial charge in [-0.2, -0.15) is 0 Å². The molecule has 0 radical (unpaired) electrons. The van der Waals surface area contributed by atoms with Crippen molar-refractivity contribution in [2.75, 3.05) is 24.5 Å². The van der Waals surface area contributed by atoms with Gasteiger partial charge in [0.05, 0.1) is 11.4 Å². The predicted octanol–water partition coefficient (Wildman–Crippen LogP) is 4.93. The summed E-state index contributed by atoms with van der Waals surface area (Å²) in [6.45, 7) is 4.60. The number of hydrogen-bond acceptors (Lipinski definition) is 6. The van der Waals surface area contributed by atoms with Crippen LogP contribution < -0.4 is 4.90 Å². The number of aryl methyl sites for hydroxylation is 1. The molecular weight excluding hydrogens is 428 g/mol. The third-order valence-electron chi connectivity index (χ3n) is 6.47. The SMILES string of the molecule is CCc1cc2c(N3CCN(C(C=O)c4ccccc4)CC3Cc3ccccc3)ncnc2s1. The minimum atomic E-state index is -0.232. The van der Waals surface area contributed by atoms with Gasteiger partial charge in [-0.25, -0.2) is 9.97 Å². The van der Waals surface area contributed by atoms with Gasteiger partial charge in [0.25, 0.3) is 0 Å². The Morgan fingerprint density at radius 1 is 1.06 bits per heavy atom. The highest BCUT2D eigenvalue weighted by molar-refractivity contribution is 7.18. The summed E-state index contributed by atoms with van der Waals surface area (Å²) in [6, 6.07) is 22.9. The van der Waals surface area contributed by atoms with E-state index in [-0.39, 0.29) is 12.1 Å². The molecule has 1 aliphatic rings. The average molecular weight is 457 g/mol. The zero-order chi connectivity index (χ0) is 22.6. The Labute approximate surface area is 198 Å². The molecule has 2 aromatic carbocycles. The Balaban J connectivity index is 1.49. The van der Waals surface area contributed by atoms with E-state index in [1.807, 2.05) is 30.3 Å². The van der Waals surface area contributed by atoms with Crippen LogP contribution >= 0.6 is 11.3 Å². The molecule has 5 rings (SSSR count). The van der Waals surface area contributed by atoms with Gasteiger partial charge in [-0.15, -0.1) is 11.3 Å². The molecule has 33 heavy (non-hydrogen) atoms. The Kier molecular flexibility index (Phi) is 6.46. The molecule has 4 aromatic rings. The molecule has 0 N–H and O–H groups in total. The van der Waals surface area contributed by atoms with Gasteiger partial charge >= 0.3 is 0 Å². The number of carbonyl (C=O) groups excluding carboxylic acids is 1. The number of nitrogens with zero attached hydrogens (tertiary/aromatic N) is 4.